The number of fused-ring (bicyclic) bond motifs is 1. The Morgan fingerprint density at radius 1 is 1.14 bits per heavy atom. The van der Waals surface area contributed by atoms with Crippen molar-refractivity contribution in [3.8, 4) is 16.8 Å². The zero-order valence-corrected chi connectivity index (χ0v) is 24.9. The van der Waals surface area contributed by atoms with Crippen molar-refractivity contribution >= 4 is 28.7 Å². The molecule has 0 aliphatic carbocycles. The van der Waals surface area contributed by atoms with Crippen LogP contribution in [0.15, 0.2) is 72.4 Å². The lowest BCUT2D eigenvalue weighted by Crippen LogP contribution is -2.59. The van der Waals surface area contributed by atoms with E-state index in [9.17, 15) is 14.0 Å². The van der Waals surface area contributed by atoms with Gasteiger partial charge in [-0.2, -0.15) is 4.98 Å². The lowest BCUT2D eigenvalue weighted by atomic mass is 9.97. The number of nitrogens with zero attached hydrogens (tertiary/aromatic N) is 5. The molecular formula is C34H35F2N5O2. The van der Waals surface area contributed by atoms with Crippen LogP contribution < -0.4 is 10.6 Å². The molecule has 0 N–H and O–H groups in total. The summed E-state index contributed by atoms with van der Waals surface area (Å²) in [7, 11) is 0. The first-order valence-corrected chi connectivity index (χ1v) is 14.2. The highest BCUT2D eigenvalue weighted by molar-refractivity contribution is 5.95. The van der Waals surface area contributed by atoms with Gasteiger partial charge in [0, 0.05) is 42.3 Å². The molecule has 0 unspecified atom stereocenters. The van der Waals surface area contributed by atoms with Crippen LogP contribution in [0.1, 0.15) is 53.2 Å². The fourth-order valence-electron chi connectivity index (χ4n) is 6.08. The number of hydrogen-bond donors (Lipinski definition) is 0. The number of halogens is 2. The molecule has 43 heavy (non-hydrogen) atoms. The smallest absolute Gasteiger partial charge is 0.347 e. The molecule has 9 heteroatoms. The summed E-state index contributed by atoms with van der Waals surface area (Å²) in [4.78, 5) is 38.9. The Labute approximate surface area is 252 Å². The zero-order chi connectivity index (χ0) is 32.7. The molecule has 222 valence electrons. The van der Waals surface area contributed by atoms with E-state index in [1.165, 1.54) is 21.6 Å². The summed E-state index contributed by atoms with van der Waals surface area (Å²) in [5.74, 6) is -2.21. The van der Waals surface area contributed by atoms with E-state index < -0.39 is 41.9 Å². The van der Waals surface area contributed by atoms with Crippen molar-refractivity contribution in [3.05, 3.63) is 101 Å². The Morgan fingerprint density at radius 3 is 2.49 bits per heavy atom. The van der Waals surface area contributed by atoms with Crippen LogP contribution in [-0.4, -0.2) is 50.5 Å². The molecule has 1 saturated heterocycles. The van der Waals surface area contributed by atoms with E-state index in [-0.39, 0.29) is 30.4 Å². The summed E-state index contributed by atoms with van der Waals surface area (Å²) in [6.45, 7) is 12.5. The molecule has 0 bridgehead atoms. The van der Waals surface area contributed by atoms with Gasteiger partial charge in [0.25, 0.3) is 5.91 Å². The van der Waals surface area contributed by atoms with Gasteiger partial charge in [0.2, 0.25) is 0 Å². The molecule has 2 aromatic heterocycles. The first-order valence-electron chi connectivity index (χ1n) is 15.2. The van der Waals surface area contributed by atoms with E-state index >= 15 is 4.39 Å². The highest BCUT2D eigenvalue weighted by atomic mass is 19.1. The van der Waals surface area contributed by atoms with E-state index in [1.807, 2.05) is 39.5 Å². The molecule has 7 nitrogen and oxygen atoms in total. The van der Waals surface area contributed by atoms with Crippen molar-refractivity contribution < 1.29 is 16.3 Å². The number of carbonyl (C=O) groups excluding carboxylic acids is 1. The summed E-state index contributed by atoms with van der Waals surface area (Å²) >= 11 is 0. The molecule has 0 saturated carbocycles. The molecule has 2 atom stereocenters. The first kappa shape index (κ1) is 27.2. The number of anilines is 1. The lowest BCUT2D eigenvalue weighted by Gasteiger charge is -2.45. The maximum Gasteiger partial charge on any atom is 0.354 e. The minimum atomic E-state index is -1.05. The van der Waals surface area contributed by atoms with Crippen LogP contribution in [0.5, 0.6) is 0 Å². The Balaban J connectivity index is 1.84. The quantitative estimate of drug-likeness (QED) is 0.240. The van der Waals surface area contributed by atoms with Crippen LogP contribution >= 0.6 is 0 Å². The molecule has 1 fully saturated rings. The summed E-state index contributed by atoms with van der Waals surface area (Å²) in [6, 6.07) is 10.9. The third-order valence-electron chi connectivity index (χ3n) is 7.97. The summed E-state index contributed by atoms with van der Waals surface area (Å²) in [5.41, 5.74) is 2.96. The largest absolute Gasteiger partial charge is 0.354 e. The molecule has 0 radical (unpaired) electrons. The maximum atomic E-state index is 16.3. The molecule has 0 spiro atoms. The van der Waals surface area contributed by atoms with E-state index in [0.29, 0.717) is 33.4 Å². The zero-order valence-electron chi connectivity index (χ0n) is 26.9. The topological polar surface area (TPSA) is 71.3 Å². The fraction of sp³-hybridized carbons (Fsp3) is 0.294. The van der Waals surface area contributed by atoms with Crippen LogP contribution in [-0.2, 0) is 4.79 Å². The summed E-state index contributed by atoms with van der Waals surface area (Å²) < 4.78 is 46.9. The SMILES string of the molecule is [2H]C([2H])=Cc1ccccc1-c1cc2c(cc1F)c(N1[C@@H](C)CN(C(=O)C(=C)F)C[C@@H]1C)nc(=O)n2-c1c(C)ccnc1C(C)C. The van der Waals surface area contributed by atoms with Gasteiger partial charge in [-0.3, -0.25) is 14.3 Å². The van der Waals surface area contributed by atoms with Gasteiger partial charge in [-0.1, -0.05) is 57.3 Å². The monoisotopic (exact) mass is 585 g/mol. The van der Waals surface area contributed by atoms with Crippen LogP contribution in [0.25, 0.3) is 33.8 Å². The highest BCUT2D eigenvalue weighted by Crippen LogP contribution is 2.37. The average Bonchev–Trinajstić information content (AvgIpc) is 2.96. The second-order valence-corrected chi connectivity index (χ2v) is 11.4. The van der Waals surface area contributed by atoms with Gasteiger partial charge >= 0.3 is 5.69 Å². The predicted molar refractivity (Wildman–Crippen MR) is 168 cm³/mol. The number of amides is 1. The van der Waals surface area contributed by atoms with E-state index in [4.69, 9.17) is 2.74 Å². The van der Waals surface area contributed by atoms with Gasteiger partial charge in [0.1, 0.15) is 11.6 Å². The van der Waals surface area contributed by atoms with Gasteiger partial charge in [0.15, 0.2) is 5.83 Å². The van der Waals surface area contributed by atoms with Crippen LogP contribution in [0.2, 0.25) is 0 Å². The third-order valence-corrected chi connectivity index (χ3v) is 7.97. The molecular weight excluding hydrogens is 548 g/mol. The van der Waals surface area contributed by atoms with Crippen molar-refractivity contribution in [1.82, 2.24) is 19.4 Å². The second-order valence-electron chi connectivity index (χ2n) is 11.4. The molecule has 1 aliphatic heterocycles. The standard InChI is InChI=1S/C34H35F2N5O2/c1-8-24-11-9-10-12-25(24)26-16-29-27(15-28(26)36)32(40-21(5)17-39(18-22(40)6)33(42)23(7)35)38-34(43)41(29)31-20(4)13-14-37-30(31)19(2)3/h8-16,19,21-22H,1,7,17-18H2,2-6H3/t21-,22-/m0/s1/i1D2. The number of aromatic nitrogens is 3. The number of benzene rings is 2. The normalized spacial score (nSPS) is 17.6. The molecule has 3 heterocycles. The van der Waals surface area contributed by atoms with Gasteiger partial charge in [-0.15, -0.1) is 0 Å². The molecule has 1 aliphatic rings. The second kappa shape index (κ2) is 11.6. The predicted octanol–water partition coefficient (Wildman–Crippen LogP) is 6.57. The number of piperazine rings is 1. The lowest BCUT2D eigenvalue weighted by molar-refractivity contribution is -0.129. The minimum Gasteiger partial charge on any atom is -0.347 e. The number of rotatable bonds is 6. The Kier molecular flexibility index (Phi) is 7.30. The number of pyridine rings is 1. The Morgan fingerprint density at radius 2 is 1.84 bits per heavy atom. The van der Waals surface area contributed by atoms with Crippen molar-refractivity contribution in [2.45, 2.75) is 52.6 Å². The fourth-order valence-corrected chi connectivity index (χ4v) is 6.08. The van der Waals surface area contributed by atoms with Crippen LogP contribution in [0.4, 0.5) is 14.6 Å². The van der Waals surface area contributed by atoms with Gasteiger partial charge in [-0.25, -0.2) is 13.6 Å². The van der Waals surface area contributed by atoms with Crippen molar-refractivity contribution in [1.29, 1.82) is 0 Å². The molecule has 1 amide bonds. The van der Waals surface area contributed by atoms with Gasteiger partial charge in [0.05, 0.1) is 19.6 Å². The van der Waals surface area contributed by atoms with E-state index in [0.717, 1.165) is 5.56 Å². The maximum absolute atomic E-state index is 16.3. The summed E-state index contributed by atoms with van der Waals surface area (Å²) in [5, 5.41) is 0.372. The minimum absolute atomic E-state index is 0.0456. The molecule has 4 aromatic rings. The van der Waals surface area contributed by atoms with Crippen LogP contribution in [0.3, 0.4) is 0 Å². The van der Waals surface area contributed by atoms with E-state index in [1.54, 1.807) is 42.6 Å². The third kappa shape index (κ3) is 5.24. The molecule has 2 aromatic carbocycles. The van der Waals surface area contributed by atoms with E-state index in [2.05, 4.69) is 16.5 Å². The van der Waals surface area contributed by atoms with Crippen molar-refractivity contribution in [2.75, 3.05) is 18.0 Å². The van der Waals surface area contributed by atoms with Crippen LogP contribution in [0, 0.1) is 12.7 Å². The van der Waals surface area contributed by atoms with Gasteiger partial charge < -0.3 is 9.80 Å². The highest BCUT2D eigenvalue weighted by Gasteiger charge is 2.35. The number of aryl methyl sites for hydroxylation is 1. The Hall–Kier alpha value is -4.66. The van der Waals surface area contributed by atoms with Crippen molar-refractivity contribution in [3.63, 3.8) is 0 Å². The molecule has 5 rings (SSSR count). The first-order chi connectivity index (χ1) is 21.3. The Bertz CT molecular complexity index is 1910. The average molecular weight is 586 g/mol. The number of carbonyl (C=O) groups is 1. The summed E-state index contributed by atoms with van der Waals surface area (Å²) in [6.07, 6.45) is 3.02. The van der Waals surface area contributed by atoms with Crippen molar-refractivity contribution in [2.24, 2.45) is 0 Å². The van der Waals surface area contributed by atoms with Gasteiger partial charge in [-0.05, 0) is 61.6 Å². The number of hydrogen-bond acceptors (Lipinski definition) is 5.